The third-order valence-electron chi connectivity index (χ3n) is 3.03. The Morgan fingerprint density at radius 2 is 2.18 bits per heavy atom. The number of carbonyl (C=O) groups is 1. The van der Waals surface area contributed by atoms with Crippen molar-refractivity contribution in [2.45, 2.75) is 27.3 Å². The molecule has 6 nitrogen and oxygen atoms in total. The third kappa shape index (κ3) is 3.14. The van der Waals surface area contributed by atoms with Gasteiger partial charge in [0, 0.05) is 24.1 Å². The molecule has 116 valence electrons. The number of benzene rings is 1. The highest BCUT2D eigenvalue weighted by molar-refractivity contribution is 7.16. The van der Waals surface area contributed by atoms with Gasteiger partial charge in [-0.05, 0) is 6.07 Å². The molecule has 22 heavy (non-hydrogen) atoms. The Morgan fingerprint density at radius 1 is 1.50 bits per heavy atom. The molecule has 0 saturated carbocycles. The number of amides is 1. The monoisotopic (exact) mass is 319 g/mol. The minimum absolute atomic E-state index is 0.0215. The molecule has 0 bridgehead atoms. The zero-order valence-electron chi connectivity index (χ0n) is 12.7. The van der Waals surface area contributed by atoms with Crippen molar-refractivity contribution in [3.8, 4) is 0 Å². The van der Waals surface area contributed by atoms with Crippen molar-refractivity contribution in [2.75, 3.05) is 0 Å². The fraction of sp³-hybridized carbons (Fsp3) is 0.333. The average Bonchev–Trinajstić information content (AvgIpc) is 2.75. The normalized spacial score (nSPS) is 12.6. The van der Waals surface area contributed by atoms with Crippen molar-refractivity contribution in [1.29, 1.82) is 0 Å². The predicted octanol–water partition coefficient (Wildman–Crippen LogP) is 3.27. The Balaban J connectivity index is 2.70. The Morgan fingerprint density at radius 3 is 2.73 bits per heavy atom. The van der Waals surface area contributed by atoms with Crippen molar-refractivity contribution in [3.05, 3.63) is 45.8 Å². The highest BCUT2D eigenvalue weighted by Gasteiger charge is 2.21. The number of allylic oxidation sites excluding steroid dienone is 1. The maximum absolute atomic E-state index is 12.1. The zero-order chi connectivity index (χ0) is 16.5. The zero-order valence-corrected chi connectivity index (χ0v) is 13.5. The van der Waals surface area contributed by atoms with Crippen LogP contribution in [0, 0.1) is 15.5 Å². The van der Waals surface area contributed by atoms with Crippen LogP contribution in [0.15, 0.2) is 35.8 Å². The molecule has 1 heterocycles. The smallest absolute Gasteiger partial charge is 0.270 e. The second-order valence-electron chi connectivity index (χ2n) is 5.86. The predicted molar refractivity (Wildman–Crippen MR) is 86.7 cm³/mol. The number of carbonyl (C=O) groups excluding carboxylic acids is 1. The molecule has 0 fully saturated rings. The number of aromatic nitrogens is 1. The van der Waals surface area contributed by atoms with E-state index in [1.165, 1.54) is 23.5 Å². The summed E-state index contributed by atoms with van der Waals surface area (Å²) >= 11 is 1.26. The number of thiazole rings is 1. The van der Waals surface area contributed by atoms with E-state index in [4.69, 9.17) is 0 Å². The molecule has 0 atom stereocenters. The van der Waals surface area contributed by atoms with Gasteiger partial charge in [0.2, 0.25) is 0 Å². The van der Waals surface area contributed by atoms with Crippen LogP contribution < -0.4 is 4.80 Å². The summed E-state index contributed by atoms with van der Waals surface area (Å²) in [4.78, 5) is 27.3. The molecule has 0 spiro atoms. The van der Waals surface area contributed by atoms with Crippen LogP contribution in [0.3, 0.4) is 0 Å². The second kappa shape index (κ2) is 5.84. The first-order chi connectivity index (χ1) is 10.2. The van der Waals surface area contributed by atoms with E-state index in [0.717, 1.165) is 10.2 Å². The lowest BCUT2D eigenvalue weighted by Crippen LogP contribution is -2.23. The van der Waals surface area contributed by atoms with E-state index >= 15 is 0 Å². The topological polar surface area (TPSA) is 77.5 Å². The van der Waals surface area contributed by atoms with Crippen LogP contribution in [0.25, 0.3) is 10.2 Å². The number of non-ortho nitro benzene ring substituents is 1. The summed E-state index contributed by atoms with van der Waals surface area (Å²) in [6.07, 6.45) is 1.70. The quantitative estimate of drug-likeness (QED) is 0.495. The highest BCUT2D eigenvalue weighted by Crippen LogP contribution is 2.23. The van der Waals surface area contributed by atoms with Crippen LogP contribution in [0.5, 0.6) is 0 Å². The summed E-state index contributed by atoms with van der Waals surface area (Å²) in [5.74, 6) is -0.230. The minimum atomic E-state index is -0.575. The summed E-state index contributed by atoms with van der Waals surface area (Å²) in [5.41, 5.74) is 0.248. The first-order valence-electron chi connectivity index (χ1n) is 6.72. The lowest BCUT2D eigenvalue weighted by atomic mass is 9.96. The van der Waals surface area contributed by atoms with Gasteiger partial charge in [-0.3, -0.25) is 14.9 Å². The van der Waals surface area contributed by atoms with Gasteiger partial charge in [0.15, 0.2) is 4.80 Å². The largest absolute Gasteiger partial charge is 0.312 e. The summed E-state index contributed by atoms with van der Waals surface area (Å²) in [6, 6.07) is 4.62. The van der Waals surface area contributed by atoms with Gasteiger partial charge in [0.1, 0.15) is 0 Å². The molecule has 1 amide bonds. The molecular formula is C15H17N3O3S. The Hall–Kier alpha value is -2.28. The maximum Gasteiger partial charge on any atom is 0.270 e. The summed E-state index contributed by atoms with van der Waals surface area (Å²) in [7, 11) is 0. The number of nitro groups is 1. The van der Waals surface area contributed by atoms with Crippen LogP contribution in [0.1, 0.15) is 20.8 Å². The molecule has 0 unspecified atom stereocenters. The Bertz CT molecular complexity index is 825. The molecule has 0 saturated heterocycles. The molecule has 0 radical (unpaired) electrons. The van der Waals surface area contributed by atoms with Crippen molar-refractivity contribution in [1.82, 2.24) is 4.57 Å². The first-order valence-corrected chi connectivity index (χ1v) is 7.53. The molecule has 2 rings (SSSR count). The minimum Gasteiger partial charge on any atom is -0.312 e. The lowest BCUT2D eigenvalue weighted by molar-refractivity contribution is -0.384. The molecule has 7 heteroatoms. The van der Waals surface area contributed by atoms with E-state index in [0.29, 0.717) is 11.3 Å². The van der Waals surface area contributed by atoms with Crippen LogP contribution >= 0.6 is 11.3 Å². The third-order valence-corrected chi connectivity index (χ3v) is 4.07. The number of fused-ring (bicyclic) bond motifs is 1. The maximum atomic E-state index is 12.1. The summed E-state index contributed by atoms with van der Waals surface area (Å²) in [5, 5.41) is 10.9. The van der Waals surface area contributed by atoms with Crippen molar-refractivity contribution in [2.24, 2.45) is 10.4 Å². The molecule has 1 aromatic carbocycles. The average molecular weight is 319 g/mol. The van der Waals surface area contributed by atoms with E-state index < -0.39 is 10.3 Å². The number of hydrogen-bond donors (Lipinski definition) is 0. The number of nitro benzene ring substituents is 1. The van der Waals surface area contributed by atoms with Crippen molar-refractivity contribution in [3.63, 3.8) is 0 Å². The van der Waals surface area contributed by atoms with E-state index in [1.54, 1.807) is 32.9 Å². The molecule has 0 aliphatic carbocycles. The van der Waals surface area contributed by atoms with Crippen LogP contribution in [0.2, 0.25) is 0 Å². The Kier molecular flexibility index (Phi) is 4.27. The first kappa shape index (κ1) is 16.1. The molecule has 0 aliphatic rings. The Labute approximate surface area is 131 Å². The number of nitrogens with zero attached hydrogens (tertiary/aromatic N) is 3. The SMILES string of the molecule is C=CCn1c(=NC(=O)C(C)(C)C)sc2cc([N+](=O)[O-])ccc21. The highest BCUT2D eigenvalue weighted by atomic mass is 32.1. The number of rotatable bonds is 3. The van der Waals surface area contributed by atoms with Crippen molar-refractivity contribution >= 4 is 33.1 Å². The van der Waals surface area contributed by atoms with E-state index in [2.05, 4.69) is 11.6 Å². The number of hydrogen-bond acceptors (Lipinski definition) is 4. The van der Waals surface area contributed by atoms with Gasteiger partial charge in [0.25, 0.3) is 11.6 Å². The van der Waals surface area contributed by atoms with Gasteiger partial charge >= 0.3 is 0 Å². The van der Waals surface area contributed by atoms with Crippen LogP contribution in [-0.2, 0) is 11.3 Å². The molecule has 0 aliphatic heterocycles. The van der Waals surface area contributed by atoms with E-state index in [9.17, 15) is 14.9 Å². The standard InChI is InChI=1S/C15H17N3O3S/c1-5-8-17-11-7-6-10(18(20)21)9-12(11)22-14(17)16-13(19)15(2,3)4/h5-7,9H,1,8H2,2-4H3. The lowest BCUT2D eigenvalue weighted by Gasteiger charge is -2.11. The van der Waals surface area contributed by atoms with Gasteiger partial charge < -0.3 is 4.57 Å². The van der Waals surface area contributed by atoms with Gasteiger partial charge in [-0.25, -0.2) is 0 Å². The fourth-order valence-corrected chi connectivity index (χ4v) is 2.89. The second-order valence-corrected chi connectivity index (χ2v) is 6.87. The van der Waals surface area contributed by atoms with Gasteiger partial charge in [-0.2, -0.15) is 4.99 Å². The van der Waals surface area contributed by atoms with Crippen molar-refractivity contribution < 1.29 is 9.72 Å². The molecule has 2 aromatic rings. The summed E-state index contributed by atoms with van der Waals surface area (Å²) < 4.78 is 2.55. The molecule has 0 N–H and O–H groups in total. The van der Waals surface area contributed by atoms with Gasteiger partial charge in [-0.15, -0.1) is 6.58 Å². The fourth-order valence-electron chi connectivity index (χ4n) is 1.82. The van der Waals surface area contributed by atoms with E-state index in [-0.39, 0.29) is 11.6 Å². The molecule has 1 aromatic heterocycles. The summed E-state index contributed by atoms with van der Waals surface area (Å²) in [6.45, 7) is 9.59. The van der Waals surface area contributed by atoms with E-state index in [1.807, 2.05) is 4.57 Å². The van der Waals surface area contributed by atoms with Crippen LogP contribution in [0.4, 0.5) is 5.69 Å². The van der Waals surface area contributed by atoms with Crippen LogP contribution in [-0.4, -0.2) is 15.4 Å². The molecular weight excluding hydrogens is 302 g/mol. The van der Waals surface area contributed by atoms with Gasteiger partial charge in [0.05, 0.1) is 15.1 Å². The van der Waals surface area contributed by atoms with Gasteiger partial charge in [-0.1, -0.05) is 38.2 Å².